The molecule has 10 aromatic rings. The van der Waals surface area contributed by atoms with Crippen molar-refractivity contribution in [1.82, 2.24) is 9.13 Å². The van der Waals surface area contributed by atoms with E-state index < -0.39 is 0 Å². The number of benzene rings is 4. The first-order valence-corrected chi connectivity index (χ1v) is 29.9. The lowest BCUT2D eigenvalue weighted by atomic mass is 10.0. The topological polar surface area (TPSA) is 118 Å². The van der Waals surface area contributed by atoms with Gasteiger partial charge in [-0.2, -0.15) is 18.3 Å². The molecule has 0 fully saturated rings. The number of ketones is 4. The van der Waals surface area contributed by atoms with Crippen molar-refractivity contribution in [3.63, 3.8) is 0 Å². The van der Waals surface area contributed by atoms with Crippen molar-refractivity contribution in [3.05, 3.63) is 344 Å². The van der Waals surface area contributed by atoms with E-state index in [1.165, 1.54) is 0 Å². The van der Waals surface area contributed by atoms with Crippen LogP contribution >= 0.6 is 0 Å². The molecule has 12 heteroatoms. The van der Waals surface area contributed by atoms with E-state index in [0.29, 0.717) is 55.1 Å². The molecule has 4 aliphatic rings. The molecule has 12 nitrogen and oxygen atoms in total. The first-order valence-electron chi connectivity index (χ1n) is 29.9. The van der Waals surface area contributed by atoms with Crippen LogP contribution in [-0.4, -0.2) is 43.7 Å². The number of hydrogen-bond acceptors (Lipinski definition) is 6. The lowest BCUT2D eigenvalue weighted by Gasteiger charge is -2.21. The van der Waals surface area contributed by atoms with Gasteiger partial charge in [-0.1, -0.05) is 72.8 Å². The van der Waals surface area contributed by atoms with Crippen LogP contribution in [0.2, 0.25) is 0 Å². The van der Waals surface area contributed by atoms with Crippen molar-refractivity contribution in [2.45, 2.75) is 60.5 Å². The third-order valence-electron chi connectivity index (χ3n) is 17.1. The van der Waals surface area contributed by atoms with Crippen LogP contribution in [0.5, 0.6) is 0 Å². The molecule has 6 bridgehead atoms. The van der Waals surface area contributed by atoms with Crippen LogP contribution in [0.4, 0.5) is 0 Å². The summed E-state index contributed by atoms with van der Waals surface area (Å²) in [6, 6.07) is 65.4. The molecule has 4 aromatic carbocycles. The Kier molecular flexibility index (Phi) is 14.5. The predicted octanol–water partition coefficient (Wildman–Crippen LogP) is 9.91. The standard InChI is InChI=1S/C77H62N8O4/c1-50(86)58-21-13-17-54(41-58)45-80-37-9-5-25-66(80)74-62-29-30-63(78-62)75(67-26-6-10-38-81(67)46-55-18-14-22-59(42-55)51(2)87)72-35-36-73-77(69-28-8-12-40-83(69)48-57-20-16-24-61(44-57)53(4)89)65-32-31-64(79-65)76(71-34-33-70(74)84(71)49-85(72)73)68-27-7-11-39-82(68)47-56-19-15-23-60(43-56)52(3)88/h5-44H,45-49H2,1-4H3/q+4. The second-order valence-electron chi connectivity index (χ2n) is 23.0. The SMILES string of the molecule is CC(=O)c1cccc(C[n+]2ccccc2C2=C3C=CC(=N3)C(c3cccc[n+]3Cc3cccc(C(C)=O)c3)=c3ccc4n3Cn3c2ccc3C(c2cccc[n+]2Cc2cccc(C(C)=O)c2)=C2C=CC(=N2)C=4c2cccc[n+]2Cc2cccc(C(C)=O)c2)c1. The smallest absolute Gasteiger partial charge is 0.217 e. The molecule has 0 spiro atoms. The molecule has 14 rings (SSSR count). The molecule has 6 aromatic heterocycles. The Hall–Kier alpha value is -11.2. The summed E-state index contributed by atoms with van der Waals surface area (Å²) in [5, 5.41) is 1.83. The van der Waals surface area contributed by atoms with Gasteiger partial charge < -0.3 is 9.13 Å². The fourth-order valence-electron chi connectivity index (χ4n) is 12.8. The zero-order valence-corrected chi connectivity index (χ0v) is 49.8. The van der Waals surface area contributed by atoms with Gasteiger partial charge in [-0.3, -0.25) is 19.2 Å². The van der Waals surface area contributed by atoms with E-state index in [1.54, 1.807) is 27.7 Å². The van der Waals surface area contributed by atoms with Crippen LogP contribution in [0.3, 0.4) is 0 Å². The summed E-state index contributed by atoms with van der Waals surface area (Å²) >= 11 is 0. The van der Waals surface area contributed by atoms with Gasteiger partial charge in [0.1, 0.15) is 6.67 Å². The van der Waals surface area contributed by atoms with E-state index >= 15 is 0 Å². The molecule has 0 unspecified atom stereocenters. The van der Waals surface area contributed by atoms with Gasteiger partial charge in [0.2, 0.25) is 22.8 Å². The van der Waals surface area contributed by atoms with Gasteiger partial charge in [0.25, 0.3) is 0 Å². The van der Waals surface area contributed by atoms with E-state index in [1.807, 2.05) is 97.1 Å². The first-order chi connectivity index (χ1) is 43.4. The lowest BCUT2D eigenvalue weighted by molar-refractivity contribution is -0.690. The number of nitrogens with zero attached hydrogens (tertiary/aromatic N) is 8. The highest BCUT2D eigenvalue weighted by atomic mass is 16.1. The number of aromatic nitrogens is 6. The Morgan fingerprint density at radius 1 is 0.348 bits per heavy atom. The molecule has 0 aliphatic carbocycles. The zero-order chi connectivity index (χ0) is 60.9. The minimum absolute atomic E-state index is 0.00346. The average Bonchev–Trinajstić information content (AvgIpc) is 2.02. The molecule has 89 heavy (non-hydrogen) atoms. The molecule has 0 N–H and O–H groups in total. The highest BCUT2D eigenvalue weighted by molar-refractivity contribution is 6.31. The molecule has 430 valence electrons. The van der Waals surface area contributed by atoms with Crippen molar-refractivity contribution >= 4 is 56.8 Å². The number of fused-ring (bicyclic) bond motifs is 2. The van der Waals surface area contributed by atoms with Crippen LogP contribution in [0.15, 0.2) is 265 Å². The number of allylic oxidation sites excluding steroid dienone is 4. The Bertz CT molecular complexity index is 4710. The summed E-state index contributed by atoms with van der Waals surface area (Å²) in [6.07, 6.45) is 16.9. The van der Waals surface area contributed by atoms with Crippen molar-refractivity contribution in [3.8, 4) is 0 Å². The lowest BCUT2D eigenvalue weighted by Crippen LogP contribution is -2.44. The van der Waals surface area contributed by atoms with Gasteiger partial charge >= 0.3 is 0 Å². The second kappa shape index (κ2) is 23.2. The monoisotopic (exact) mass is 1160 g/mol. The van der Waals surface area contributed by atoms with Gasteiger partial charge in [-0.15, -0.1) is 0 Å². The summed E-state index contributed by atoms with van der Waals surface area (Å²) < 4.78 is 13.8. The fraction of sp³-hybridized carbons (Fsp3) is 0.117. The Labute approximate surface area is 515 Å². The van der Waals surface area contributed by atoms with E-state index in [4.69, 9.17) is 9.98 Å². The highest BCUT2D eigenvalue weighted by Gasteiger charge is 2.36. The molecule has 0 amide bonds. The first kappa shape index (κ1) is 55.6. The maximum Gasteiger partial charge on any atom is 0.217 e. The number of hydrogen-bond donors (Lipinski definition) is 0. The Balaban J connectivity index is 1.09. The van der Waals surface area contributed by atoms with Crippen LogP contribution in [0.25, 0.3) is 22.3 Å². The largest absolute Gasteiger partial charge is 0.321 e. The van der Waals surface area contributed by atoms with Gasteiger partial charge in [0, 0.05) is 93.0 Å². The van der Waals surface area contributed by atoms with Crippen LogP contribution < -0.4 is 29.0 Å². The number of aliphatic imine (C=N–C) groups is 2. The maximum atomic E-state index is 12.8. The van der Waals surface area contributed by atoms with E-state index in [9.17, 15) is 19.2 Å². The van der Waals surface area contributed by atoms with Crippen molar-refractivity contribution in [2.75, 3.05) is 0 Å². The van der Waals surface area contributed by atoms with E-state index in [-0.39, 0.29) is 23.1 Å². The van der Waals surface area contributed by atoms with Crippen molar-refractivity contribution in [1.29, 1.82) is 0 Å². The average molecular weight is 1160 g/mol. The number of Topliss-reactive ketones (excluding diaryl/α,β-unsaturated/α-hetero) is 4. The molecule has 0 radical (unpaired) electrons. The minimum Gasteiger partial charge on any atom is -0.321 e. The second-order valence-corrected chi connectivity index (χ2v) is 23.0. The molecule has 4 aliphatic heterocycles. The van der Waals surface area contributed by atoms with E-state index in [2.05, 4.69) is 174 Å². The molecule has 0 atom stereocenters. The van der Waals surface area contributed by atoms with Crippen LogP contribution in [0, 0.1) is 0 Å². The molecule has 0 saturated carbocycles. The Morgan fingerprint density at radius 3 is 0.978 bits per heavy atom. The summed E-state index contributed by atoms with van der Waals surface area (Å²) in [5.74, 6) is 0.0138. The van der Waals surface area contributed by atoms with Gasteiger partial charge in [0.15, 0.2) is 74.1 Å². The van der Waals surface area contributed by atoms with Gasteiger partial charge in [-0.05, 0) is 125 Å². The fourth-order valence-corrected chi connectivity index (χ4v) is 12.8. The quantitative estimate of drug-likeness (QED) is 0.0708. The highest BCUT2D eigenvalue weighted by Crippen LogP contribution is 2.38. The number of carbonyl (C=O) groups is 4. The van der Waals surface area contributed by atoms with E-state index in [0.717, 1.165) is 112 Å². The minimum atomic E-state index is 0.00346. The number of rotatable bonds is 16. The van der Waals surface area contributed by atoms with Gasteiger partial charge in [0.05, 0.1) is 67.2 Å². The summed E-state index contributed by atoms with van der Waals surface area (Å²) in [6.45, 7) is 8.62. The molecular formula is C77H62N8O4+4. The predicted molar refractivity (Wildman–Crippen MR) is 342 cm³/mol. The van der Waals surface area contributed by atoms with Crippen LogP contribution in [0.1, 0.15) is 126 Å². The van der Waals surface area contributed by atoms with Crippen LogP contribution in [-0.2, 0) is 32.8 Å². The normalized spacial score (nSPS) is 13.8. The third-order valence-corrected chi connectivity index (χ3v) is 17.1. The number of carbonyl (C=O) groups excluding carboxylic acids is 4. The number of pyridine rings is 4. The zero-order valence-electron chi connectivity index (χ0n) is 49.8. The summed E-state index contributed by atoms with van der Waals surface area (Å²) in [4.78, 5) is 62.9. The van der Waals surface area contributed by atoms with Gasteiger partial charge in [-0.25, -0.2) is 9.98 Å². The van der Waals surface area contributed by atoms with Crippen molar-refractivity contribution in [2.24, 2.45) is 9.98 Å². The summed E-state index contributed by atoms with van der Waals surface area (Å²) in [7, 11) is 0. The molecular weight excluding hydrogens is 1100 g/mol. The molecule has 10 heterocycles. The summed E-state index contributed by atoms with van der Waals surface area (Å²) in [5.41, 5.74) is 18.7. The molecule has 0 saturated heterocycles. The Morgan fingerprint density at radius 2 is 0.663 bits per heavy atom. The van der Waals surface area contributed by atoms with Crippen molar-refractivity contribution < 1.29 is 37.4 Å². The third kappa shape index (κ3) is 10.6. The maximum absolute atomic E-state index is 12.8.